The first-order valence-corrected chi connectivity index (χ1v) is 20.2. The van der Waals surface area contributed by atoms with E-state index in [4.69, 9.17) is 23.2 Å². The van der Waals surface area contributed by atoms with E-state index < -0.39 is 0 Å². The third-order valence-corrected chi connectivity index (χ3v) is 11.6. The van der Waals surface area contributed by atoms with Gasteiger partial charge >= 0.3 is 0 Å². The fourth-order valence-corrected chi connectivity index (χ4v) is 8.91. The van der Waals surface area contributed by atoms with E-state index in [0.717, 1.165) is 29.4 Å². The SMILES string of the molecule is CC(C)(C)CC(C)(C)c1ccc(O)c(Cc2ccc(Cl)cc2Cl)c1.CCCCC(CC)CN1CN2CN(CC(CC)CCCC)CC2(C)C1. The predicted molar refractivity (Wildman–Crippen MR) is 214 cm³/mol. The van der Waals surface area contributed by atoms with E-state index in [2.05, 4.69) is 90.0 Å². The van der Waals surface area contributed by atoms with Crippen LogP contribution < -0.4 is 0 Å². The first kappa shape index (κ1) is 42.1. The maximum absolute atomic E-state index is 10.3. The quantitative estimate of drug-likeness (QED) is 0.187. The highest BCUT2D eigenvalue weighted by Gasteiger charge is 2.47. The van der Waals surface area contributed by atoms with Gasteiger partial charge in [-0.15, -0.1) is 0 Å². The van der Waals surface area contributed by atoms with Gasteiger partial charge in [0.05, 0.1) is 13.3 Å². The molecule has 0 spiro atoms. The lowest BCUT2D eigenvalue weighted by Gasteiger charge is -2.33. The summed E-state index contributed by atoms with van der Waals surface area (Å²) in [5, 5.41) is 11.5. The molecule has 4 rings (SSSR count). The number of nitrogens with zero attached hydrogens (tertiary/aromatic N) is 3. The molecule has 2 aromatic carbocycles. The number of halogens is 2. The topological polar surface area (TPSA) is 30.0 Å². The zero-order valence-corrected chi connectivity index (χ0v) is 34.5. The summed E-state index contributed by atoms with van der Waals surface area (Å²) in [7, 11) is 0. The van der Waals surface area contributed by atoms with Gasteiger partial charge in [-0.2, -0.15) is 0 Å². The Morgan fingerprint density at radius 3 is 1.78 bits per heavy atom. The van der Waals surface area contributed by atoms with Gasteiger partial charge in [-0.3, -0.25) is 14.7 Å². The van der Waals surface area contributed by atoms with Crippen molar-refractivity contribution in [3.8, 4) is 5.75 Å². The van der Waals surface area contributed by atoms with E-state index in [1.807, 2.05) is 18.2 Å². The van der Waals surface area contributed by atoms with Gasteiger partial charge in [-0.05, 0) is 83.7 Å². The Morgan fingerprint density at radius 1 is 0.776 bits per heavy atom. The van der Waals surface area contributed by atoms with Gasteiger partial charge in [-0.25, -0.2) is 0 Å². The average molecular weight is 717 g/mol. The second kappa shape index (κ2) is 19.0. The summed E-state index contributed by atoms with van der Waals surface area (Å²) in [4.78, 5) is 8.25. The zero-order chi connectivity index (χ0) is 36.4. The molecule has 2 aliphatic heterocycles. The Bertz CT molecular complexity index is 1260. The van der Waals surface area contributed by atoms with Crippen LogP contribution in [0.4, 0.5) is 0 Å². The van der Waals surface area contributed by atoms with Gasteiger partial charge in [0.1, 0.15) is 5.75 Å². The molecule has 2 aromatic rings. The van der Waals surface area contributed by atoms with Crippen molar-refractivity contribution in [2.75, 3.05) is 39.5 Å². The lowest BCUT2D eigenvalue weighted by Crippen LogP contribution is -2.41. The zero-order valence-electron chi connectivity index (χ0n) is 33.0. The molecular weight excluding hydrogens is 645 g/mol. The van der Waals surface area contributed by atoms with E-state index in [-0.39, 0.29) is 10.8 Å². The molecule has 278 valence electrons. The molecule has 0 saturated carbocycles. The van der Waals surface area contributed by atoms with E-state index >= 15 is 0 Å². The second-order valence-electron chi connectivity index (χ2n) is 17.6. The summed E-state index contributed by atoms with van der Waals surface area (Å²) in [6.07, 6.45) is 12.6. The molecular formula is C43H71Cl2N3O. The Hall–Kier alpha value is -1.30. The largest absolute Gasteiger partial charge is 0.508 e. The highest BCUT2D eigenvalue weighted by Crippen LogP contribution is 2.38. The fourth-order valence-electron chi connectivity index (χ4n) is 8.44. The summed E-state index contributed by atoms with van der Waals surface area (Å²) in [5.41, 5.74) is 3.74. The molecule has 2 saturated heterocycles. The molecule has 0 bridgehead atoms. The van der Waals surface area contributed by atoms with Crippen molar-refractivity contribution in [2.45, 2.75) is 144 Å². The van der Waals surface area contributed by atoms with Gasteiger partial charge < -0.3 is 5.11 Å². The maximum Gasteiger partial charge on any atom is 0.119 e. The van der Waals surface area contributed by atoms with Crippen molar-refractivity contribution in [1.82, 2.24) is 14.7 Å². The van der Waals surface area contributed by atoms with E-state index in [0.29, 0.717) is 27.8 Å². The lowest BCUT2D eigenvalue weighted by atomic mass is 9.72. The van der Waals surface area contributed by atoms with Crippen molar-refractivity contribution in [2.24, 2.45) is 17.3 Å². The van der Waals surface area contributed by atoms with Crippen molar-refractivity contribution in [3.05, 3.63) is 63.1 Å². The first-order chi connectivity index (χ1) is 23.0. The van der Waals surface area contributed by atoms with Crippen LogP contribution in [0, 0.1) is 17.3 Å². The third-order valence-electron chi connectivity index (χ3n) is 11.0. The molecule has 49 heavy (non-hydrogen) atoms. The van der Waals surface area contributed by atoms with Crippen LogP contribution in [-0.2, 0) is 11.8 Å². The molecule has 6 heteroatoms. The van der Waals surface area contributed by atoms with Crippen molar-refractivity contribution < 1.29 is 5.11 Å². The predicted octanol–water partition coefficient (Wildman–Crippen LogP) is 12.0. The molecule has 2 unspecified atom stereocenters. The van der Waals surface area contributed by atoms with Crippen LogP contribution in [0.1, 0.15) is 144 Å². The molecule has 0 aliphatic carbocycles. The van der Waals surface area contributed by atoms with Crippen LogP contribution in [0.5, 0.6) is 5.75 Å². The molecule has 2 heterocycles. The molecule has 2 fully saturated rings. The number of fused-ring (bicyclic) bond motifs is 1. The monoisotopic (exact) mass is 715 g/mol. The van der Waals surface area contributed by atoms with Gasteiger partial charge in [0, 0.05) is 48.2 Å². The summed E-state index contributed by atoms with van der Waals surface area (Å²) < 4.78 is 0. The summed E-state index contributed by atoms with van der Waals surface area (Å²) in [5.74, 6) is 2.10. The number of phenols is 1. The molecule has 2 atom stereocenters. The normalized spacial score (nSPS) is 20.2. The van der Waals surface area contributed by atoms with Crippen LogP contribution in [0.3, 0.4) is 0 Å². The number of hydrogen-bond donors (Lipinski definition) is 1. The van der Waals surface area contributed by atoms with Crippen LogP contribution in [-0.4, -0.2) is 64.9 Å². The van der Waals surface area contributed by atoms with E-state index in [9.17, 15) is 5.11 Å². The molecule has 4 nitrogen and oxygen atoms in total. The average Bonchev–Trinajstić information content (AvgIpc) is 3.48. The van der Waals surface area contributed by atoms with Crippen molar-refractivity contribution in [1.29, 1.82) is 0 Å². The fraction of sp³-hybridized carbons (Fsp3) is 0.721. The Kier molecular flexibility index (Phi) is 16.3. The maximum atomic E-state index is 10.3. The highest BCUT2D eigenvalue weighted by molar-refractivity contribution is 6.35. The van der Waals surface area contributed by atoms with Gasteiger partial charge in [0.2, 0.25) is 0 Å². The summed E-state index contributed by atoms with van der Waals surface area (Å²) in [6.45, 7) is 30.7. The molecule has 0 radical (unpaired) electrons. The van der Waals surface area contributed by atoms with Crippen LogP contribution in [0.15, 0.2) is 36.4 Å². The van der Waals surface area contributed by atoms with Crippen LogP contribution in [0.25, 0.3) is 0 Å². The van der Waals surface area contributed by atoms with Gasteiger partial charge in [0.25, 0.3) is 0 Å². The Morgan fingerprint density at radius 2 is 1.33 bits per heavy atom. The number of aromatic hydroxyl groups is 1. The first-order valence-electron chi connectivity index (χ1n) is 19.5. The number of phenolic OH excluding ortho intramolecular Hbond substituents is 1. The van der Waals surface area contributed by atoms with Gasteiger partial charge in [0.15, 0.2) is 0 Å². The third kappa shape index (κ3) is 13.0. The minimum absolute atomic E-state index is 0.0322. The molecule has 0 amide bonds. The molecule has 2 aliphatic rings. The van der Waals surface area contributed by atoms with E-state index in [1.54, 1.807) is 12.1 Å². The highest BCUT2D eigenvalue weighted by atomic mass is 35.5. The van der Waals surface area contributed by atoms with Crippen molar-refractivity contribution >= 4 is 23.2 Å². The molecule has 0 aromatic heterocycles. The van der Waals surface area contributed by atoms with Gasteiger partial charge in [-0.1, -0.05) is 142 Å². The minimum Gasteiger partial charge on any atom is -0.508 e. The number of unbranched alkanes of at least 4 members (excludes halogenated alkanes) is 2. The van der Waals surface area contributed by atoms with Crippen molar-refractivity contribution in [3.63, 3.8) is 0 Å². The second-order valence-corrected chi connectivity index (χ2v) is 18.4. The lowest BCUT2D eigenvalue weighted by molar-refractivity contribution is 0.161. The summed E-state index contributed by atoms with van der Waals surface area (Å²) >= 11 is 12.2. The minimum atomic E-state index is 0.0322. The smallest absolute Gasteiger partial charge is 0.119 e. The van der Waals surface area contributed by atoms with Crippen LogP contribution in [0.2, 0.25) is 10.0 Å². The number of rotatable bonds is 16. The standard InChI is InChI=1S/C22H45N3.C21H26Cl2O/c1-6-10-12-20(8-3)14-23-16-22(5)17-24(19-25(22)18-23)15-21(9-4)13-11-7-2;1-20(2,3)13-21(4,5)16-7-9-19(24)15(11-16)10-14-6-8-17(22)12-18(14)23/h20-21H,6-19H2,1-5H3;6-9,11-12,24H,10,13H2,1-5H3. The molecule has 1 N–H and O–H groups in total. The number of hydrogen-bond acceptors (Lipinski definition) is 4. The van der Waals surface area contributed by atoms with E-state index in [1.165, 1.54) is 96.4 Å². The Balaban J connectivity index is 0.000000266. The Labute approximate surface area is 311 Å². The van der Waals surface area contributed by atoms with Crippen LogP contribution >= 0.6 is 23.2 Å². The number of benzene rings is 2. The summed E-state index contributed by atoms with van der Waals surface area (Å²) in [6, 6.07) is 11.4.